The molecule has 1 heterocycles. The van der Waals surface area contributed by atoms with Crippen LogP contribution in [0.1, 0.15) is 69.5 Å². The van der Waals surface area contributed by atoms with Crippen LogP contribution in [0.15, 0.2) is 18.3 Å². The first-order valence-electron chi connectivity index (χ1n) is 11.0. The van der Waals surface area contributed by atoms with Gasteiger partial charge in [-0.2, -0.15) is 0 Å². The Balaban J connectivity index is 0.00000512. The summed E-state index contributed by atoms with van der Waals surface area (Å²) in [6.45, 7) is 4.00. The zero-order valence-electron chi connectivity index (χ0n) is 20.4. The number of carbonyl (C=O) groups is 3. The van der Waals surface area contributed by atoms with Gasteiger partial charge in [0, 0.05) is 30.0 Å². The van der Waals surface area contributed by atoms with E-state index in [1.165, 1.54) is 0 Å². The molecule has 33 heavy (non-hydrogen) atoms. The molecule has 0 unspecified atom stereocenters. The van der Waals surface area contributed by atoms with Crippen LogP contribution in [-0.4, -0.2) is 35.5 Å². The summed E-state index contributed by atoms with van der Waals surface area (Å²) in [6.07, 6.45) is 5.50. The van der Waals surface area contributed by atoms with E-state index < -0.39 is 29.3 Å². The van der Waals surface area contributed by atoms with Gasteiger partial charge in [0.1, 0.15) is 0 Å². The number of aryl methyl sites for hydroxylation is 1. The van der Waals surface area contributed by atoms with Crippen molar-refractivity contribution in [2.45, 2.75) is 77.9 Å². The van der Waals surface area contributed by atoms with E-state index in [-0.39, 0.29) is 91.1 Å². The Bertz CT molecular complexity index is 754. The summed E-state index contributed by atoms with van der Waals surface area (Å²) < 4.78 is 5.60. The molecule has 1 fully saturated rings. The Hall–Kier alpha value is -0.480. The van der Waals surface area contributed by atoms with E-state index in [0.717, 1.165) is 18.4 Å². The van der Waals surface area contributed by atoms with Gasteiger partial charge < -0.3 is 29.9 Å². The van der Waals surface area contributed by atoms with E-state index in [9.17, 15) is 24.6 Å². The van der Waals surface area contributed by atoms with Crippen LogP contribution in [-0.2, 0) is 25.7 Å². The SMILES string of the molecule is CCC[C@H](CC1(C(=O)N[C@@H](COCc2ccc(C)cn2)CC(=O)[O-])CCCC1)C(=O)[O-].[Na+].[Na+]. The summed E-state index contributed by atoms with van der Waals surface area (Å²) in [6, 6.07) is 2.95. The predicted octanol–water partition coefficient (Wildman–Crippen LogP) is -5.34. The van der Waals surface area contributed by atoms with Gasteiger partial charge in [0.05, 0.1) is 24.9 Å². The summed E-state index contributed by atoms with van der Waals surface area (Å²) in [4.78, 5) is 40.2. The Morgan fingerprint density at radius 1 is 1.18 bits per heavy atom. The second-order valence-electron chi connectivity index (χ2n) is 8.58. The molecule has 0 spiro atoms. The third-order valence-electron chi connectivity index (χ3n) is 5.94. The minimum absolute atomic E-state index is 0. The Kier molecular flexibility index (Phi) is 16.0. The van der Waals surface area contributed by atoms with Crippen LogP contribution in [0.25, 0.3) is 0 Å². The standard InChI is InChI=1S/C23H34N2O6.2Na/c1-3-6-17(21(28)29)12-23(9-4-5-10-23)22(30)25-19(11-20(26)27)15-31-14-18-8-7-16(2)13-24-18;;/h7-8,13,17,19H,3-6,9-12,14-15H2,1-2H3,(H,25,30)(H,26,27)(H,28,29);;/q;2*+1/p-2/t17-,19-;;/m1../s1. The van der Waals surface area contributed by atoms with E-state index in [4.69, 9.17) is 4.74 Å². The van der Waals surface area contributed by atoms with Gasteiger partial charge in [0.2, 0.25) is 5.91 Å². The van der Waals surface area contributed by atoms with Crippen LogP contribution < -0.4 is 74.6 Å². The molecule has 0 saturated heterocycles. The minimum Gasteiger partial charge on any atom is -0.550 e. The van der Waals surface area contributed by atoms with Crippen molar-refractivity contribution in [3.05, 3.63) is 29.6 Å². The molecular weight excluding hydrogens is 446 g/mol. The number of carbonyl (C=O) groups excluding carboxylic acids is 3. The molecule has 1 aromatic rings. The van der Waals surface area contributed by atoms with Crippen LogP contribution in [0.5, 0.6) is 0 Å². The topological polar surface area (TPSA) is 131 Å². The first kappa shape index (κ1) is 32.5. The monoisotopic (exact) mass is 478 g/mol. The molecule has 0 bridgehead atoms. The minimum atomic E-state index is -1.29. The van der Waals surface area contributed by atoms with Crippen molar-refractivity contribution >= 4 is 17.8 Å². The van der Waals surface area contributed by atoms with Crippen molar-refractivity contribution in [3.63, 3.8) is 0 Å². The van der Waals surface area contributed by atoms with Crippen molar-refractivity contribution in [1.82, 2.24) is 10.3 Å². The zero-order chi connectivity index (χ0) is 22.9. The number of ether oxygens (including phenoxy) is 1. The number of rotatable bonds is 13. The van der Waals surface area contributed by atoms with Gasteiger partial charge in [-0.3, -0.25) is 9.78 Å². The van der Waals surface area contributed by atoms with Crippen molar-refractivity contribution in [3.8, 4) is 0 Å². The van der Waals surface area contributed by atoms with Crippen LogP contribution in [0.4, 0.5) is 0 Å². The molecule has 0 radical (unpaired) electrons. The normalized spacial score (nSPS) is 16.1. The molecule has 0 aliphatic heterocycles. The number of aliphatic carboxylic acids is 2. The first-order chi connectivity index (χ1) is 14.8. The number of amides is 1. The van der Waals surface area contributed by atoms with Gasteiger partial charge in [-0.25, -0.2) is 0 Å². The Labute approximate surface area is 240 Å². The van der Waals surface area contributed by atoms with Crippen molar-refractivity contribution in [2.75, 3.05) is 6.61 Å². The molecular formula is C23H32N2Na2O6. The number of carboxylic acids is 2. The third kappa shape index (κ3) is 10.8. The van der Waals surface area contributed by atoms with Gasteiger partial charge in [-0.1, -0.05) is 32.3 Å². The molecule has 1 N–H and O–H groups in total. The van der Waals surface area contributed by atoms with Gasteiger partial charge in [0.15, 0.2) is 0 Å². The largest absolute Gasteiger partial charge is 1.00 e. The van der Waals surface area contributed by atoms with Gasteiger partial charge >= 0.3 is 59.1 Å². The maximum atomic E-state index is 13.2. The third-order valence-corrected chi connectivity index (χ3v) is 5.94. The molecule has 1 saturated carbocycles. The number of pyridine rings is 1. The molecule has 1 aliphatic rings. The summed E-state index contributed by atoms with van der Waals surface area (Å²) in [5, 5.41) is 25.5. The van der Waals surface area contributed by atoms with E-state index in [1.54, 1.807) is 6.20 Å². The second-order valence-corrected chi connectivity index (χ2v) is 8.58. The van der Waals surface area contributed by atoms with Crippen molar-refractivity contribution in [2.24, 2.45) is 11.3 Å². The average Bonchev–Trinajstić information content (AvgIpc) is 3.18. The molecule has 0 aromatic carbocycles. The fourth-order valence-corrected chi connectivity index (χ4v) is 4.28. The molecule has 172 valence electrons. The molecule has 2 rings (SSSR count). The van der Waals surface area contributed by atoms with Crippen molar-refractivity contribution < 1.29 is 88.4 Å². The summed E-state index contributed by atoms with van der Waals surface area (Å²) in [7, 11) is 0. The zero-order valence-corrected chi connectivity index (χ0v) is 24.4. The van der Waals surface area contributed by atoms with Crippen LogP contribution in [0, 0.1) is 18.3 Å². The van der Waals surface area contributed by atoms with Crippen molar-refractivity contribution in [1.29, 1.82) is 0 Å². The fourth-order valence-electron chi connectivity index (χ4n) is 4.28. The number of carboxylic acid groups (broad SMARTS) is 2. The Morgan fingerprint density at radius 2 is 1.85 bits per heavy atom. The van der Waals surface area contributed by atoms with Gasteiger partial charge in [0.25, 0.3) is 0 Å². The molecule has 10 heteroatoms. The summed E-state index contributed by atoms with van der Waals surface area (Å²) in [5.41, 5.74) is 0.904. The van der Waals surface area contributed by atoms with Crippen LogP contribution in [0.2, 0.25) is 0 Å². The average molecular weight is 478 g/mol. The second kappa shape index (κ2) is 16.2. The number of nitrogens with zero attached hydrogens (tertiary/aromatic N) is 1. The number of nitrogens with one attached hydrogen (secondary N) is 1. The number of hydrogen-bond donors (Lipinski definition) is 1. The van der Waals surface area contributed by atoms with Crippen LogP contribution in [0.3, 0.4) is 0 Å². The van der Waals surface area contributed by atoms with E-state index in [1.807, 2.05) is 26.0 Å². The maximum Gasteiger partial charge on any atom is 1.00 e. The summed E-state index contributed by atoms with van der Waals surface area (Å²) >= 11 is 0. The smallest absolute Gasteiger partial charge is 0.550 e. The van der Waals surface area contributed by atoms with E-state index in [0.29, 0.717) is 31.4 Å². The molecule has 8 nitrogen and oxygen atoms in total. The van der Waals surface area contributed by atoms with Gasteiger partial charge in [-0.05, 0) is 50.2 Å². The molecule has 1 aromatic heterocycles. The van der Waals surface area contributed by atoms with E-state index in [2.05, 4.69) is 10.3 Å². The van der Waals surface area contributed by atoms with Crippen LogP contribution >= 0.6 is 0 Å². The first-order valence-corrected chi connectivity index (χ1v) is 11.0. The molecule has 1 amide bonds. The molecule has 2 atom stereocenters. The fraction of sp³-hybridized carbons (Fsp3) is 0.652. The number of hydrogen-bond acceptors (Lipinski definition) is 7. The quantitative estimate of drug-likeness (QED) is 0.280. The van der Waals surface area contributed by atoms with Gasteiger partial charge in [-0.15, -0.1) is 0 Å². The predicted molar refractivity (Wildman–Crippen MR) is 109 cm³/mol. The maximum absolute atomic E-state index is 13.2. The Morgan fingerprint density at radius 3 is 2.36 bits per heavy atom. The molecule has 1 aliphatic carbocycles. The number of aromatic nitrogens is 1. The summed E-state index contributed by atoms with van der Waals surface area (Å²) in [5.74, 6) is -3.43. The van der Waals surface area contributed by atoms with E-state index >= 15 is 0 Å².